The summed E-state index contributed by atoms with van der Waals surface area (Å²) in [6.07, 6.45) is -1.47. The Morgan fingerprint density at radius 2 is 1.09 bits per heavy atom. The largest absolute Gasteiger partial charge is 0.443 e. The van der Waals surface area contributed by atoms with E-state index in [2.05, 4.69) is 0 Å². The molecule has 0 aliphatic heterocycles. The number of amides is 2. The summed E-state index contributed by atoms with van der Waals surface area (Å²) >= 11 is 0. The van der Waals surface area contributed by atoms with Gasteiger partial charge in [-0.2, -0.15) is 0 Å². The monoisotopic (exact) mass is 317 g/mol. The Hall–Kier alpha value is -1.30. The molecule has 0 rings (SSSR count). The van der Waals surface area contributed by atoms with E-state index in [1.165, 1.54) is 0 Å². The summed E-state index contributed by atoms with van der Waals surface area (Å²) in [5.74, 6) is 0. The first kappa shape index (κ1) is 20.7. The second-order valence-electron chi connectivity index (χ2n) is 8.07. The van der Waals surface area contributed by atoms with Crippen molar-refractivity contribution in [3.63, 3.8) is 0 Å². The van der Waals surface area contributed by atoms with E-state index in [-0.39, 0.29) is 18.8 Å². The van der Waals surface area contributed by atoms with Gasteiger partial charge in [0.05, 0.1) is 18.8 Å². The molecule has 0 aromatic rings. The van der Waals surface area contributed by atoms with Crippen molar-refractivity contribution in [1.29, 1.82) is 0 Å². The predicted octanol–water partition coefficient (Wildman–Crippen LogP) is 3.97. The minimum atomic E-state index is -0.737. The van der Waals surface area contributed by atoms with Crippen molar-refractivity contribution >= 4 is 12.2 Å². The van der Waals surface area contributed by atoms with Crippen LogP contribution < -0.4 is 0 Å². The molecule has 0 unspecified atom stereocenters. The van der Waals surface area contributed by atoms with Gasteiger partial charge in [-0.25, -0.2) is 14.5 Å². The van der Waals surface area contributed by atoms with E-state index < -0.39 is 23.4 Å². The Kier molecular flexibility index (Phi) is 6.88. The van der Waals surface area contributed by atoms with E-state index in [0.717, 1.165) is 4.90 Å². The lowest BCUT2D eigenvalue weighted by Gasteiger charge is -2.29. The topological polar surface area (TPSA) is 65.1 Å². The lowest BCUT2D eigenvalue weighted by Crippen LogP contribution is -2.45. The average Bonchev–Trinajstić information content (AvgIpc) is 2.16. The number of rotatable bonds is 3. The Bertz CT molecular complexity index is 357. The lowest BCUT2D eigenvalue weighted by atomic mass is 10.2. The van der Waals surface area contributed by atoms with Crippen LogP contribution in [0.15, 0.2) is 0 Å². The zero-order valence-electron chi connectivity index (χ0n) is 15.4. The molecule has 0 spiro atoms. The highest BCUT2D eigenvalue weighted by molar-refractivity contribution is 5.88. The maximum Gasteiger partial charge on any atom is 0.419 e. The molecule has 130 valence electrons. The van der Waals surface area contributed by atoms with Crippen molar-refractivity contribution < 1.29 is 23.8 Å². The van der Waals surface area contributed by atoms with Crippen molar-refractivity contribution in [3.05, 3.63) is 0 Å². The number of carbonyl (C=O) groups is 2. The SMILES string of the molecule is CC(C)(C)OCCN(C(=O)OC(C)(C)C)C(=O)OC(C)(C)C. The van der Waals surface area contributed by atoms with E-state index in [9.17, 15) is 9.59 Å². The van der Waals surface area contributed by atoms with Crippen molar-refractivity contribution in [2.75, 3.05) is 13.2 Å². The minimum absolute atomic E-state index is 0.0705. The first-order valence-corrected chi connectivity index (χ1v) is 7.48. The molecule has 6 nitrogen and oxygen atoms in total. The molecule has 22 heavy (non-hydrogen) atoms. The third kappa shape index (κ3) is 10.4. The zero-order chi connectivity index (χ0) is 17.8. The molecule has 0 heterocycles. The van der Waals surface area contributed by atoms with Crippen LogP contribution in [-0.2, 0) is 14.2 Å². The second-order valence-corrected chi connectivity index (χ2v) is 8.07. The number of imide groups is 1. The van der Waals surface area contributed by atoms with Gasteiger partial charge in [0.25, 0.3) is 0 Å². The Labute approximate surface area is 134 Å². The van der Waals surface area contributed by atoms with Gasteiger partial charge in [0.1, 0.15) is 11.2 Å². The van der Waals surface area contributed by atoms with Crippen LogP contribution >= 0.6 is 0 Å². The van der Waals surface area contributed by atoms with Crippen LogP contribution in [0.4, 0.5) is 9.59 Å². The van der Waals surface area contributed by atoms with E-state index in [4.69, 9.17) is 14.2 Å². The van der Waals surface area contributed by atoms with Gasteiger partial charge in [-0.3, -0.25) is 0 Å². The minimum Gasteiger partial charge on any atom is -0.443 e. The van der Waals surface area contributed by atoms with Crippen molar-refractivity contribution in [3.8, 4) is 0 Å². The van der Waals surface area contributed by atoms with Crippen LogP contribution in [0, 0.1) is 0 Å². The molecule has 0 radical (unpaired) electrons. The molecular weight excluding hydrogens is 286 g/mol. The van der Waals surface area contributed by atoms with Crippen molar-refractivity contribution in [1.82, 2.24) is 4.90 Å². The number of hydrogen-bond acceptors (Lipinski definition) is 5. The fourth-order valence-electron chi connectivity index (χ4n) is 1.33. The highest BCUT2D eigenvalue weighted by atomic mass is 16.6. The van der Waals surface area contributed by atoms with Crippen LogP contribution in [0.3, 0.4) is 0 Å². The summed E-state index contributed by atoms with van der Waals surface area (Å²) in [7, 11) is 0. The third-order valence-electron chi connectivity index (χ3n) is 2.08. The van der Waals surface area contributed by atoms with Gasteiger partial charge in [0.15, 0.2) is 0 Å². The van der Waals surface area contributed by atoms with Gasteiger partial charge in [0.2, 0.25) is 0 Å². The molecule has 0 aliphatic rings. The van der Waals surface area contributed by atoms with Gasteiger partial charge in [-0.05, 0) is 62.3 Å². The number of nitrogens with zero attached hydrogens (tertiary/aromatic N) is 1. The summed E-state index contributed by atoms with van der Waals surface area (Å²) < 4.78 is 16.1. The number of ether oxygens (including phenoxy) is 3. The molecule has 0 bridgehead atoms. The smallest absolute Gasteiger partial charge is 0.419 e. The summed E-state index contributed by atoms with van der Waals surface area (Å²) in [5.41, 5.74) is -1.74. The molecule has 2 amide bonds. The Balaban J connectivity index is 4.91. The van der Waals surface area contributed by atoms with Gasteiger partial charge >= 0.3 is 12.2 Å². The van der Waals surface area contributed by atoms with Crippen LogP contribution in [0.2, 0.25) is 0 Å². The van der Waals surface area contributed by atoms with Crippen molar-refractivity contribution in [2.24, 2.45) is 0 Å². The van der Waals surface area contributed by atoms with E-state index in [0.29, 0.717) is 0 Å². The van der Waals surface area contributed by atoms with Crippen LogP contribution in [0.1, 0.15) is 62.3 Å². The molecule has 0 atom stereocenters. The summed E-state index contributed by atoms with van der Waals surface area (Å²) in [4.78, 5) is 25.3. The van der Waals surface area contributed by atoms with Gasteiger partial charge in [0, 0.05) is 0 Å². The van der Waals surface area contributed by atoms with Gasteiger partial charge in [-0.1, -0.05) is 0 Å². The third-order valence-corrected chi connectivity index (χ3v) is 2.08. The van der Waals surface area contributed by atoms with E-state index >= 15 is 0 Å². The first-order chi connectivity index (χ1) is 9.61. The maximum absolute atomic E-state index is 12.2. The Morgan fingerprint density at radius 1 is 0.727 bits per heavy atom. The average molecular weight is 317 g/mol. The number of hydrogen-bond donors (Lipinski definition) is 0. The standard InChI is InChI=1S/C16H31NO5/c1-14(2,3)20-11-10-17(12(18)21-15(4,5)6)13(19)22-16(7,8)9/h10-11H2,1-9H3. The summed E-state index contributed by atoms with van der Waals surface area (Å²) in [6, 6.07) is 0. The molecule has 0 N–H and O–H groups in total. The normalized spacial score (nSPS) is 12.8. The summed E-state index contributed by atoms with van der Waals surface area (Å²) in [6.45, 7) is 16.4. The maximum atomic E-state index is 12.2. The van der Waals surface area contributed by atoms with Gasteiger partial charge < -0.3 is 14.2 Å². The van der Waals surface area contributed by atoms with Crippen LogP contribution in [0.25, 0.3) is 0 Å². The highest BCUT2D eigenvalue weighted by Crippen LogP contribution is 2.15. The highest BCUT2D eigenvalue weighted by Gasteiger charge is 2.31. The molecule has 0 saturated carbocycles. The van der Waals surface area contributed by atoms with Crippen molar-refractivity contribution in [2.45, 2.75) is 79.1 Å². The number of carbonyl (C=O) groups excluding carboxylic acids is 2. The summed E-state index contributed by atoms with van der Waals surface area (Å²) in [5, 5.41) is 0. The molecule has 6 heteroatoms. The molecule has 0 aromatic carbocycles. The molecular formula is C16H31NO5. The fraction of sp³-hybridized carbons (Fsp3) is 0.875. The first-order valence-electron chi connectivity index (χ1n) is 7.48. The Morgan fingerprint density at radius 3 is 1.36 bits per heavy atom. The zero-order valence-corrected chi connectivity index (χ0v) is 15.4. The van der Waals surface area contributed by atoms with E-state index in [1.54, 1.807) is 41.5 Å². The molecule has 0 aliphatic carbocycles. The van der Waals surface area contributed by atoms with Crippen LogP contribution in [0.5, 0.6) is 0 Å². The lowest BCUT2D eigenvalue weighted by molar-refractivity contribution is -0.0289. The predicted molar refractivity (Wildman–Crippen MR) is 84.9 cm³/mol. The molecule has 0 saturated heterocycles. The molecule has 0 aromatic heterocycles. The second kappa shape index (κ2) is 7.31. The quantitative estimate of drug-likeness (QED) is 0.788. The fourth-order valence-corrected chi connectivity index (χ4v) is 1.33. The van der Waals surface area contributed by atoms with Gasteiger partial charge in [-0.15, -0.1) is 0 Å². The van der Waals surface area contributed by atoms with E-state index in [1.807, 2.05) is 20.8 Å². The van der Waals surface area contributed by atoms with Crippen LogP contribution in [-0.4, -0.2) is 47.0 Å². The molecule has 0 fully saturated rings.